The van der Waals surface area contributed by atoms with Gasteiger partial charge in [0, 0.05) is 6.07 Å². The largest absolute Gasteiger partial charge is 0.484 e. The number of rotatable bonds is 28. The molecule has 0 radical (unpaired) electrons. The Labute approximate surface area is 502 Å². The highest BCUT2D eigenvalue weighted by Gasteiger charge is 2.84. The van der Waals surface area contributed by atoms with Crippen molar-refractivity contribution in [2.45, 2.75) is 128 Å². The van der Waals surface area contributed by atoms with E-state index in [9.17, 15) is 171 Å². The van der Waals surface area contributed by atoms with E-state index in [-0.39, 0.29) is 15.9 Å². The van der Waals surface area contributed by atoms with Crippen LogP contribution in [0.25, 0.3) is 0 Å². The van der Waals surface area contributed by atoms with Gasteiger partial charge in [0.2, 0.25) is 11.9 Å². The minimum Gasteiger partial charge on any atom is -0.484 e. The van der Waals surface area contributed by atoms with Crippen molar-refractivity contribution in [1.82, 2.24) is 29.9 Å². The molecule has 544 valence electrons. The number of ether oxygens (including phenoxy) is 5. The van der Waals surface area contributed by atoms with E-state index in [1.807, 2.05) is 0 Å². The van der Waals surface area contributed by atoms with Gasteiger partial charge in [-0.05, 0) is 24.3 Å². The first-order valence-electron chi connectivity index (χ1n) is 24.2. The molecule has 2 aromatic carbocycles. The van der Waals surface area contributed by atoms with Gasteiger partial charge in [0.25, 0.3) is 0 Å². The van der Waals surface area contributed by atoms with Gasteiger partial charge in [-0.2, -0.15) is 191 Å². The first-order valence-corrected chi connectivity index (χ1v) is 24.2. The molecule has 0 N–H and O–H groups in total. The fraction of sp³-hybridized carbons (Fsp3) is 0.591. The van der Waals surface area contributed by atoms with Crippen LogP contribution in [0.3, 0.4) is 0 Å². The van der Waals surface area contributed by atoms with Crippen molar-refractivity contribution in [3.8, 4) is 29.8 Å². The van der Waals surface area contributed by atoms with Gasteiger partial charge in [0.1, 0.15) is 5.75 Å². The summed E-state index contributed by atoms with van der Waals surface area (Å²) >= 11 is 0. The maximum atomic E-state index is 14.6. The molecule has 0 saturated carbocycles. The number of nitrogens with zero attached hydrogens (tertiary/aromatic N) is 8. The van der Waals surface area contributed by atoms with Gasteiger partial charge in [-0.3, -0.25) is 9.80 Å². The van der Waals surface area contributed by atoms with Crippen LogP contribution < -0.4 is 33.5 Å². The molecule has 1 aliphatic heterocycles. The third kappa shape index (κ3) is 14.8. The number of anilines is 6. The molecule has 0 aliphatic carbocycles. The fourth-order valence-corrected chi connectivity index (χ4v) is 7.11. The number of aromatic nitrogens is 6. The zero-order valence-corrected chi connectivity index (χ0v) is 44.8. The Balaban J connectivity index is 1.75. The van der Waals surface area contributed by atoms with Crippen molar-refractivity contribution in [2.24, 2.45) is 0 Å². The zero-order chi connectivity index (χ0) is 74.1. The average Bonchev–Trinajstić information content (AvgIpc) is 0.727. The van der Waals surface area contributed by atoms with Crippen LogP contribution in [0.5, 0.6) is 29.8 Å². The standard InChI is InChI=1S/C44H25F39N8O5/c45-28(46,33(56,57)37(64,65)41(72,73)74)7-11-92-24-84-22(85-25(88-24)93-12-8-29(47,48)34(58,59)38(66,67)42(75,76)77)90-18-3-1-2-4-19(18)91(21-15-17(5-6-20(21)90)96-16-32(53,54)55)23-86-26(94-13-9-30(49,50)35(60,61)39(68,69)43(78,79)80)89-27(87-23)95-14-10-31(51,52)36(62,63)40(70,71)44(81,82)83/h1-6,15H,7-14,16H2. The Morgan fingerprint density at radius 2 is 0.510 bits per heavy atom. The molecule has 0 atom stereocenters. The Kier molecular flexibility index (Phi) is 20.8. The number of halogens is 39. The van der Waals surface area contributed by atoms with E-state index in [1.54, 1.807) is 0 Å². The summed E-state index contributed by atoms with van der Waals surface area (Å²) in [6, 6.07) is -3.85. The minimum absolute atomic E-state index is 0.205. The smallest absolute Gasteiger partial charge is 0.460 e. The summed E-state index contributed by atoms with van der Waals surface area (Å²) in [6.45, 7) is -11.9. The van der Waals surface area contributed by atoms with Gasteiger partial charge in [-0.15, -0.1) is 9.97 Å². The SMILES string of the molecule is FC(F)(F)COc1ccc2c(c1)N(c1nc(OCCC(F)(F)C(F)(F)C(F)(F)C(F)(F)F)nc(OCCC(F)(F)C(F)(F)C(F)(F)C(F)(F)F)n1)c1ccccc1N2c1nc(OCCC(F)(F)C(F)(F)C(F)(F)C(F)(F)F)nc(OCCC(F)(F)C(F)(F)C(F)(F)C(F)(F)F)n1. The lowest BCUT2D eigenvalue weighted by molar-refractivity contribution is -0.397. The van der Waals surface area contributed by atoms with Gasteiger partial charge >= 0.3 is 126 Å². The molecule has 96 heavy (non-hydrogen) atoms. The molecule has 52 heteroatoms. The molecule has 0 unspecified atom stereocenters. The highest BCUT2D eigenvalue weighted by atomic mass is 19.5. The van der Waals surface area contributed by atoms with Gasteiger partial charge in [0.05, 0.1) is 74.9 Å². The molecular formula is C44H25F39N8O5. The third-order valence-electron chi connectivity index (χ3n) is 12.2. The van der Waals surface area contributed by atoms with Gasteiger partial charge < -0.3 is 23.7 Å². The number of hydrogen-bond donors (Lipinski definition) is 0. The van der Waals surface area contributed by atoms with E-state index < -0.39 is 225 Å². The lowest BCUT2D eigenvalue weighted by Gasteiger charge is -2.38. The van der Waals surface area contributed by atoms with Crippen LogP contribution in [0.4, 0.5) is 206 Å². The van der Waals surface area contributed by atoms with Gasteiger partial charge in [0.15, 0.2) is 6.61 Å². The fourth-order valence-electron chi connectivity index (χ4n) is 7.11. The van der Waals surface area contributed by atoms with E-state index in [0.717, 1.165) is 12.1 Å². The van der Waals surface area contributed by atoms with E-state index in [1.165, 1.54) is 0 Å². The topological polar surface area (TPSA) is 130 Å². The van der Waals surface area contributed by atoms with Crippen LogP contribution >= 0.6 is 0 Å². The molecule has 5 rings (SSSR count). The van der Waals surface area contributed by atoms with Crippen molar-refractivity contribution in [3.05, 3.63) is 42.5 Å². The molecule has 0 saturated heterocycles. The van der Waals surface area contributed by atoms with E-state index in [2.05, 4.69) is 53.6 Å². The highest BCUT2D eigenvalue weighted by Crippen LogP contribution is 2.60. The first kappa shape index (κ1) is 79.0. The number of fused-ring (bicyclic) bond motifs is 2. The highest BCUT2D eigenvalue weighted by molar-refractivity contribution is 6.00. The number of para-hydroxylation sites is 2. The monoisotopic (exact) mass is 1490 g/mol. The third-order valence-corrected chi connectivity index (χ3v) is 12.2. The van der Waals surface area contributed by atoms with Crippen LogP contribution in [-0.4, -0.2) is 165 Å². The average molecular weight is 1490 g/mol. The molecule has 0 fully saturated rings. The molecular weight excluding hydrogens is 1460 g/mol. The molecule has 2 aromatic heterocycles. The van der Waals surface area contributed by atoms with Crippen LogP contribution in [0.15, 0.2) is 42.5 Å². The lowest BCUT2D eigenvalue weighted by Crippen LogP contribution is -2.61. The molecule has 13 nitrogen and oxygen atoms in total. The summed E-state index contributed by atoms with van der Waals surface area (Å²) in [5.74, 6) is -90.7. The maximum Gasteiger partial charge on any atom is 0.460 e. The second kappa shape index (κ2) is 25.3. The van der Waals surface area contributed by atoms with Crippen molar-refractivity contribution in [2.75, 3.05) is 42.8 Å². The molecule has 1 aliphatic rings. The second-order valence-corrected chi connectivity index (χ2v) is 18.9. The van der Waals surface area contributed by atoms with Crippen molar-refractivity contribution in [1.29, 1.82) is 0 Å². The summed E-state index contributed by atoms with van der Waals surface area (Å²) in [5, 5.41) is 0. The van der Waals surface area contributed by atoms with Gasteiger partial charge in [-0.25, -0.2) is 0 Å². The van der Waals surface area contributed by atoms with Crippen molar-refractivity contribution in [3.63, 3.8) is 0 Å². The Morgan fingerprint density at radius 3 is 0.750 bits per heavy atom. The lowest BCUT2D eigenvalue weighted by atomic mass is 10.0. The van der Waals surface area contributed by atoms with Gasteiger partial charge in [-0.1, -0.05) is 12.1 Å². The predicted octanol–water partition coefficient (Wildman–Crippen LogP) is 17.2. The molecule has 0 spiro atoms. The normalized spacial score (nSPS) is 15.2. The van der Waals surface area contributed by atoms with Crippen LogP contribution in [-0.2, 0) is 0 Å². The summed E-state index contributed by atoms with van der Waals surface area (Å²) in [7, 11) is 0. The van der Waals surface area contributed by atoms with Crippen LogP contribution in [0.1, 0.15) is 25.7 Å². The Morgan fingerprint density at radius 1 is 0.271 bits per heavy atom. The predicted molar refractivity (Wildman–Crippen MR) is 232 cm³/mol. The minimum atomic E-state index is -7.60. The molecule has 0 amide bonds. The number of alkyl halides is 39. The van der Waals surface area contributed by atoms with Crippen molar-refractivity contribution < 1.29 is 195 Å². The summed E-state index contributed by atoms with van der Waals surface area (Å²) < 4.78 is 556. The second-order valence-electron chi connectivity index (χ2n) is 18.9. The number of hydrogen-bond acceptors (Lipinski definition) is 13. The Bertz CT molecular complexity index is 3220. The summed E-state index contributed by atoms with van der Waals surface area (Å²) in [4.78, 5) is 20.1. The quantitative estimate of drug-likeness (QED) is 0.0441. The molecule has 4 aromatic rings. The molecule has 0 bridgehead atoms. The number of benzene rings is 2. The first-order chi connectivity index (χ1) is 42.8. The van der Waals surface area contributed by atoms with Crippen LogP contribution in [0, 0.1) is 0 Å². The van der Waals surface area contributed by atoms with Crippen molar-refractivity contribution >= 4 is 34.6 Å². The van der Waals surface area contributed by atoms with E-state index >= 15 is 0 Å². The summed E-state index contributed by atoms with van der Waals surface area (Å²) in [6.07, 6.45) is -47.3. The Hall–Kier alpha value is -7.67. The van der Waals surface area contributed by atoms with E-state index in [0.29, 0.717) is 24.3 Å². The maximum absolute atomic E-state index is 14.6. The zero-order valence-electron chi connectivity index (χ0n) is 44.8. The molecule has 3 heterocycles. The van der Waals surface area contributed by atoms with Crippen LogP contribution in [0.2, 0.25) is 0 Å². The summed E-state index contributed by atoms with van der Waals surface area (Å²) in [5.41, 5.74) is -4.12. The van der Waals surface area contributed by atoms with E-state index in [4.69, 9.17) is 0 Å².